The molecule has 0 bridgehead atoms. The highest BCUT2D eigenvalue weighted by molar-refractivity contribution is 7.80. The standard InChI is InChI=1S/C20H27N5O5S/c1-10(21)17(26)23-11(2)18(27)25-16(9-31)19(28)24-15(20(29)30)7-12-8-22-14-6-4-3-5-13(12)14/h3-6,8,10-11,15-16,22,31H,7,9,21H2,1-2H3,(H,23,26)(H,24,28)(H,25,27)(H,29,30). The van der Waals surface area contributed by atoms with Crippen LogP contribution in [0.15, 0.2) is 30.5 Å². The highest BCUT2D eigenvalue weighted by Gasteiger charge is 2.28. The number of aromatic amines is 1. The quantitative estimate of drug-likeness (QED) is 0.243. The second-order valence-electron chi connectivity index (χ2n) is 7.23. The SMILES string of the molecule is CC(N)C(=O)NC(C)C(=O)NC(CS)C(=O)NC(Cc1c[nH]c2ccccc12)C(=O)O. The van der Waals surface area contributed by atoms with Crippen molar-refractivity contribution in [3.8, 4) is 0 Å². The number of carbonyl (C=O) groups is 4. The number of aliphatic carboxylic acids is 1. The van der Waals surface area contributed by atoms with Crippen LogP contribution >= 0.6 is 12.6 Å². The maximum atomic E-state index is 12.6. The maximum Gasteiger partial charge on any atom is 0.326 e. The average molecular weight is 450 g/mol. The first-order chi connectivity index (χ1) is 14.6. The van der Waals surface area contributed by atoms with Crippen LogP contribution in [0.3, 0.4) is 0 Å². The van der Waals surface area contributed by atoms with Crippen LogP contribution in [0.4, 0.5) is 0 Å². The zero-order valence-electron chi connectivity index (χ0n) is 17.2. The fourth-order valence-electron chi connectivity index (χ4n) is 2.89. The van der Waals surface area contributed by atoms with Crippen molar-refractivity contribution in [2.24, 2.45) is 5.73 Å². The van der Waals surface area contributed by atoms with Gasteiger partial charge in [0.05, 0.1) is 6.04 Å². The van der Waals surface area contributed by atoms with E-state index < -0.39 is 47.9 Å². The highest BCUT2D eigenvalue weighted by Crippen LogP contribution is 2.19. The number of thiol groups is 1. The molecule has 0 fully saturated rings. The Morgan fingerprint density at radius 3 is 2.29 bits per heavy atom. The lowest BCUT2D eigenvalue weighted by molar-refractivity contribution is -0.142. The number of carbonyl (C=O) groups excluding carboxylic acids is 3. The van der Waals surface area contributed by atoms with Gasteiger partial charge in [-0.3, -0.25) is 14.4 Å². The van der Waals surface area contributed by atoms with Gasteiger partial charge in [0.1, 0.15) is 18.1 Å². The molecule has 11 heteroatoms. The van der Waals surface area contributed by atoms with E-state index in [-0.39, 0.29) is 12.2 Å². The lowest BCUT2D eigenvalue weighted by atomic mass is 10.0. The number of rotatable bonds is 10. The highest BCUT2D eigenvalue weighted by atomic mass is 32.1. The van der Waals surface area contributed by atoms with Crippen molar-refractivity contribution in [3.63, 3.8) is 0 Å². The molecule has 0 saturated carbocycles. The second-order valence-corrected chi connectivity index (χ2v) is 7.59. The molecule has 2 rings (SSSR count). The number of nitrogens with two attached hydrogens (primary N) is 1. The molecule has 168 valence electrons. The minimum atomic E-state index is -1.21. The van der Waals surface area contributed by atoms with Gasteiger partial charge in [0.25, 0.3) is 0 Å². The summed E-state index contributed by atoms with van der Waals surface area (Å²) in [4.78, 5) is 51.3. The Morgan fingerprint density at radius 2 is 1.68 bits per heavy atom. The van der Waals surface area contributed by atoms with Gasteiger partial charge in [0.15, 0.2) is 0 Å². The van der Waals surface area contributed by atoms with Crippen LogP contribution in [0.25, 0.3) is 10.9 Å². The number of benzene rings is 1. The lowest BCUT2D eigenvalue weighted by Crippen LogP contribution is -2.57. The molecule has 2 aromatic rings. The van der Waals surface area contributed by atoms with Crippen LogP contribution in [0, 0.1) is 0 Å². The third-order valence-corrected chi connectivity index (χ3v) is 5.06. The predicted molar refractivity (Wildman–Crippen MR) is 119 cm³/mol. The number of hydrogen-bond donors (Lipinski definition) is 7. The zero-order chi connectivity index (χ0) is 23.1. The fraction of sp³-hybridized carbons (Fsp3) is 0.400. The summed E-state index contributed by atoms with van der Waals surface area (Å²) < 4.78 is 0. The molecule has 0 aliphatic carbocycles. The van der Waals surface area contributed by atoms with Crippen LogP contribution in [-0.4, -0.2) is 63.7 Å². The topological polar surface area (TPSA) is 166 Å². The summed E-state index contributed by atoms with van der Waals surface area (Å²) in [6.07, 6.45) is 1.76. The van der Waals surface area contributed by atoms with Crippen molar-refractivity contribution in [2.75, 3.05) is 5.75 Å². The molecule has 1 aromatic heterocycles. The van der Waals surface area contributed by atoms with Crippen molar-refractivity contribution in [1.82, 2.24) is 20.9 Å². The van der Waals surface area contributed by atoms with Crippen LogP contribution in [0.2, 0.25) is 0 Å². The van der Waals surface area contributed by atoms with Gasteiger partial charge in [-0.2, -0.15) is 12.6 Å². The molecule has 1 heterocycles. The van der Waals surface area contributed by atoms with Gasteiger partial charge in [0, 0.05) is 29.3 Å². The van der Waals surface area contributed by atoms with Gasteiger partial charge in [0.2, 0.25) is 17.7 Å². The number of H-pyrrole nitrogens is 1. The van der Waals surface area contributed by atoms with Crippen molar-refractivity contribution in [2.45, 2.75) is 44.4 Å². The smallest absolute Gasteiger partial charge is 0.326 e. The van der Waals surface area contributed by atoms with Gasteiger partial charge in [-0.15, -0.1) is 0 Å². The molecule has 10 nitrogen and oxygen atoms in total. The van der Waals surface area contributed by atoms with Crippen molar-refractivity contribution in [3.05, 3.63) is 36.0 Å². The van der Waals surface area contributed by atoms with E-state index in [0.717, 1.165) is 16.5 Å². The van der Waals surface area contributed by atoms with Gasteiger partial charge >= 0.3 is 5.97 Å². The number of carboxylic acids is 1. The first kappa shape index (κ1) is 24.2. The monoisotopic (exact) mass is 449 g/mol. The van der Waals surface area contributed by atoms with E-state index in [0.29, 0.717) is 0 Å². The third kappa shape index (κ3) is 6.46. The number of carboxylic acid groups (broad SMARTS) is 1. The van der Waals surface area contributed by atoms with E-state index in [1.807, 2.05) is 24.3 Å². The van der Waals surface area contributed by atoms with E-state index in [9.17, 15) is 24.3 Å². The number of nitrogens with one attached hydrogen (secondary N) is 4. The summed E-state index contributed by atoms with van der Waals surface area (Å²) in [6.45, 7) is 2.92. The molecule has 7 N–H and O–H groups in total. The molecule has 0 spiro atoms. The summed E-state index contributed by atoms with van der Waals surface area (Å²) in [5.74, 6) is -3.10. The van der Waals surface area contributed by atoms with E-state index in [1.54, 1.807) is 6.20 Å². The van der Waals surface area contributed by atoms with E-state index in [2.05, 4.69) is 33.6 Å². The second kappa shape index (κ2) is 10.8. The van der Waals surface area contributed by atoms with Crippen molar-refractivity contribution < 1.29 is 24.3 Å². The minimum Gasteiger partial charge on any atom is -0.480 e. The predicted octanol–water partition coefficient (Wildman–Crippen LogP) is -0.454. The summed E-state index contributed by atoms with van der Waals surface area (Å²) in [6, 6.07) is 3.40. The van der Waals surface area contributed by atoms with Crippen LogP contribution < -0.4 is 21.7 Å². The van der Waals surface area contributed by atoms with Crippen molar-refractivity contribution >= 4 is 47.2 Å². The molecule has 0 aliphatic rings. The van der Waals surface area contributed by atoms with Gasteiger partial charge in [-0.1, -0.05) is 18.2 Å². The number of fused-ring (bicyclic) bond motifs is 1. The first-order valence-corrected chi connectivity index (χ1v) is 10.3. The van der Waals surface area contributed by atoms with E-state index >= 15 is 0 Å². The normalized spacial score (nSPS) is 14.8. The number of aromatic nitrogens is 1. The van der Waals surface area contributed by atoms with Crippen LogP contribution in [0.5, 0.6) is 0 Å². The molecule has 0 radical (unpaired) electrons. The van der Waals surface area contributed by atoms with Crippen LogP contribution in [0.1, 0.15) is 19.4 Å². The Hall–Kier alpha value is -3.05. The summed E-state index contributed by atoms with van der Waals surface area (Å²) >= 11 is 4.08. The Bertz CT molecular complexity index is 960. The first-order valence-electron chi connectivity index (χ1n) is 9.69. The molecule has 3 amide bonds. The molecular formula is C20H27N5O5S. The minimum absolute atomic E-state index is 0.0547. The average Bonchev–Trinajstić information content (AvgIpc) is 3.13. The van der Waals surface area contributed by atoms with E-state index in [1.165, 1.54) is 13.8 Å². The zero-order valence-corrected chi connectivity index (χ0v) is 18.1. The number of amides is 3. The molecule has 0 aliphatic heterocycles. The van der Waals surface area contributed by atoms with Gasteiger partial charge in [-0.25, -0.2) is 4.79 Å². The molecule has 31 heavy (non-hydrogen) atoms. The Balaban J connectivity index is 2.03. The summed E-state index contributed by atoms with van der Waals surface area (Å²) in [5, 5.41) is 17.8. The summed E-state index contributed by atoms with van der Waals surface area (Å²) in [5.41, 5.74) is 7.05. The van der Waals surface area contributed by atoms with Gasteiger partial charge < -0.3 is 31.8 Å². The maximum absolute atomic E-state index is 12.6. The Kier molecular flexibility index (Phi) is 8.46. The molecule has 4 unspecified atom stereocenters. The molecule has 1 aromatic carbocycles. The van der Waals surface area contributed by atoms with Crippen LogP contribution in [-0.2, 0) is 25.6 Å². The van der Waals surface area contributed by atoms with Crippen molar-refractivity contribution in [1.29, 1.82) is 0 Å². The summed E-state index contributed by atoms with van der Waals surface area (Å²) in [7, 11) is 0. The molecule has 0 saturated heterocycles. The third-order valence-electron chi connectivity index (χ3n) is 4.69. The molecule has 4 atom stereocenters. The Labute approximate surface area is 184 Å². The molecular weight excluding hydrogens is 422 g/mol. The Morgan fingerprint density at radius 1 is 1.03 bits per heavy atom. The lowest BCUT2D eigenvalue weighted by Gasteiger charge is -2.22. The fourth-order valence-corrected chi connectivity index (χ4v) is 3.15. The van der Waals surface area contributed by atoms with E-state index in [4.69, 9.17) is 5.73 Å². The largest absolute Gasteiger partial charge is 0.480 e. The number of para-hydroxylation sites is 1. The van der Waals surface area contributed by atoms with Gasteiger partial charge in [-0.05, 0) is 25.5 Å². The number of hydrogen-bond acceptors (Lipinski definition) is 6.